The minimum atomic E-state index is -0.814. The summed E-state index contributed by atoms with van der Waals surface area (Å²) in [6.45, 7) is 12.4. The molecule has 0 radical (unpaired) electrons. The second-order valence-electron chi connectivity index (χ2n) is 11.6. The molecule has 2 aromatic rings. The standard InChI is InChI=1S/C33H38ClN3O4S/c1-5-18-35(23-13-8-7-9-14-23)29(39)25-26-30(40)37(20-11-21-38)28(33(26)17-16-32(25,4)42-33)31(41)36(19-6-2)27-22(3)12-10-15-24(27)34/h5-10,12-15,25-26,28,38H,1-2,11,16-21H2,3-4H3/t25-,26-,28?,32+,33?/m0/s1. The normalized spacial score (nSPS) is 27.6. The largest absolute Gasteiger partial charge is 0.396 e. The number of nitrogens with zero attached hydrogens (tertiary/aromatic N) is 3. The molecule has 0 aliphatic carbocycles. The fourth-order valence-corrected chi connectivity index (χ4v) is 9.99. The Morgan fingerprint density at radius 1 is 1.07 bits per heavy atom. The number of para-hydroxylation sites is 2. The molecule has 2 aromatic carbocycles. The zero-order valence-electron chi connectivity index (χ0n) is 24.2. The molecule has 2 unspecified atom stereocenters. The molecule has 3 heterocycles. The van der Waals surface area contributed by atoms with Crippen LogP contribution >= 0.6 is 23.4 Å². The number of halogens is 1. The molecule has 3 aliphatic heterocycles. The molecule has 1 N–H and O–H groups in total. The maximum Gasteiger partial charge on any atom is 0.251 e. The molecule has 0 aromatic heterocycles. The summed E-state index contributed by atoms with van der Waals surface area (Å²) in [6, 6.07) is 14.1. The van der Waals surface area contributed by atoms with Crippen LogP contribution in [0.2, 0.25) is 5.02 Å². The molecular weight excluding hydrogens is 570 g/mol. The number of hydrogen-bond donors (Lipinski definition) is 1. The van der Waals surface area contributed by atoms with E-state index in [1.54, 1.807) is 44.7 Å². The van der Waals surface area contributed by atoms with Gasteiger partial charge in [-0.2, -0.15) is 0 Å². The van der Waals surface area contributed by atoms with Crippen molar-refractivity contribution in [1.29, 1.82) is 0 Å². The highest BCUT2D eigenvalue weighted by molar-refractivity contribution is 8.02. The Bertz CT molecular complexity index is 1380. The SMILES string of the molecule is C=CCN(C(=O)[C@@H]1[C@H]2C(=O)N(CCCO)C(C(=O)N(CC=C)c3c(C)cccc3Cl)C23CC[C@@]1(C)S3)c1ccccc1. The number of amides is 3. The van der Waals surface area contributed by atoms with Crippen molar-refractivity contribution in [2.75, 3.05) is 36.0 Å². The monoisotopic (exact) mass is 607 g/mol. The molecule has 3 fully saturated rings. The Morgan fingerprint density at radius 3 is 2.40 bits per heavy atom. The fraction of sp³-hybridized carbons (Fsp3) is 0.424. The van der Waals surface area contributed by atoms with E-state index in [4.69, 9.17) is 11.6 Å². The van der Waals surface area contributed by atoms with Gasteiger partial charge in [0, 0.05) is 36.7 Å². The van der Waals surface area contributed by atoms with Gasteiger partial charge in [0.25, 0.3) is 5.91 Å². The van der Waals surface area contributed by atoms with Crippen LogP contribution < -0.4 is 9.80 Å². The number of aryl methyl sites for hydroxylation is 1. The molecule has 3 saturated heterocycles. The Balaban J connectivity index is 1.61. The van der Waals surface area contributed by atoms with E-state index >= 15 is 0 Å². The molecule has 0 saturated carbocycles. The molecule has 1 spiro atoms. The van der Waals surface area contributed by atoms with Gasteiger partial charge in [0.2, 0.25) is 11.8 Å². The van der Waals surface area contributed by atoms with Gasteiger partial charge in [0.15, 0.2) is 0 Å². The predicted octanol–water partition coefficient (Wildman–Crippen LogP) is 5.25. The fourth-order valence-electron chi connectivity index (χ4n) is 7.32. The number of aliphatic hydroxyl groups excluding tert-OH is 1. The molecule has 5 atom stereocenters. The molecule has 3 aliphatic rings. The van der Waals surface area contributed by atoms with Crippen LogP contribution in [0.25, 0.3) is 0 Å². The van der Waals surface area contributed by atoms with Gasteiger partial charge in [-0.1, -0.05) is 54.1 Å². The number of thioether (sulfide) groups is 1. The average molecular weight is 608 g/mol. The number of aliphatic hydroxyl groups is 1. The van der Waals surface area contributed by atoms with Crippen LogP contribution in [0.4, 0.5) is 11.4 Å². The first-order valence-corrected chi connectivity index (χ1v) is 15.6. The maximum atomic E-state index is 14.8. The van der Waals surface area contributed by atoms with E-state index in [1.165, 1.54) is 0 Å². The van der Waals surface area contributed by atoms with Gasteiger partial charge in [0.05, 0.1) is 27.3 Å². The van der Waals surface area contributed by atoms with E-state index in [-0.39, 0.29) is 37.4 Å². The summed E-state index contributed by atoms with van der Waals surface area (Å²) in [5.74, 6) is -1.85. The van der Waals surface area contributed by atoms with Crippen molar-refractivity contribution in [3.63, 3.8) is 0 Å². The lowest BCUT2D eigenvalue weighted by Crippen LogP contribution is -2.55. The smallest absolute Gasteiger partial charge is 0.251 e. The number of rotatable bonds is 11. The van der Waals surface area contributed by atoms with Crippen molar-refractivity contribution in [3.05, 3.63) is 84.4 Å². The van der Waals surface area contributed by atoms with Gasteiger partial charge in [-0.05, 0) is 56.9 Å². The number of carbonyl (C=O) groups is 3. The van der Waals surface area contributed by atoms with Crippen LogP contribution in [0.15, 0.2) is 73.8 Å². The van der Waals surface area contributed by atoms with Crippen LogP contribution in [0, 0.1) is 18.8 Å². The number of fused-ring (bicyclic) bond motifs is 1. The lowest BCUT2D eigenvalue weighted by atomic mass is 9.66. The van der Waals surface area contributed by atoms with Crippen LogP contribution in [0.5, 0.6) is 0 Å². The summed E-state index contributed by atoms with van der Waals surface area (Å²) in [7, 11) is 0. The quantitative estimate of drug-likeness (QED) is 0.353. The van der Waals surface area contributed by atoms with Gasteiger partial charge < -0.3 is 19.8 Å². The predicted molar refractivity (Wildman–Crippen MR) is 170 cm³/mol. The Hall–Kier alpha value is -3.07. The van der Waals surface area contributed by atoms with Crippen molar-refractivity contribution >= 4 is 52.5 Å². The minimum absolute atomic E-state index is 0.114. The zero-order valence-corrected chi connectivity index (χ0v) is 25.7. The van der Waals surface area contributed by atoms with E-state index in [0.717, 1.165) is 11.3 Å². The first-order valence-electron chi connectivity index (χ1n) is 14.4. The van der Waals surface area contributed by atoms with E-state index in [2.05, 4.69) is 20.1 Å². The van der Waals surface area contributed by atoms with Crippen LogP contribution in [0.3, 0.4) is 0 Å². The van der Waals surface area contributed by atoms with Gasteiger partial charge in [0.1, 0.15) is 6.04 Å². The third kappa shape index (κ3) is 4.77. The lowest BCUT2D eigenvalue weighted by Gasteiger charge is -2.38. The van der Waals surface area contributed by atoms with Crippen molar-refractivity contribution in [1.82, 2.24) is 4.90 Å². The third-order valence-corrected chi connectivity index (χ3v) is 11.3. The minimum Gasteiger partial charge on any atom is -0.396 e. The number of hydrogen-bond acceptors (Lipinski definition) is 5. The molecular formula is C33H38ClN3O4S. The van der Waals surface area contributed by atoms with E-state index in [1.807, 2.05) is 49.4 Å². The zero-order chi connectivity index (χ0) is 30.2. The molecule has 5 rings (SSSR count). The third-order valence-electron chi connectivity index (χ3n) is 9.02. The van der Waals surface area contributed by atoms with Crippen molar-refractivity contribution < 1.29 is 19.5 Å². The van der Waals surface area contributed by atoms with Gasteiger partial charge in [-0.15, -0.1) is 24.9 Å². The lowest BCUT2D eigenvalue weighted by molar-refractivity contribution is -0.139. The summed E-state index contributed by atoms with van der Waals surface area (Å²) >= 11 is 8.28. The van der Waals surface area contributed by atoms with Crippen molar-refractivity contribution in [2.45, 2.75) is 48.6 Å². The van der Waals surface area contributed by atoms with Gasteiger partial charge >= 0.3 is 0 Å². The molecule has 222 valence electrons. The average Bonchev–Trinajstić information content (AvgIpc) is 3.54. The Labute approximate surface area is 257 Å². The van der Waals surface area contributed by atoms with E-state index in [0.29, 0.717) is 36.5 Å². The highest BCUT2D eigenvalue weighted by Crippen LogP contribution is 2.71. The van der Waals surface area contributed by atoms with Gasteiger partial charge in [-0.3, -0.25) is 14.4 Å². The summed E-state index contributed by atoms with van der Waals surface area (Å²) in [5.41, 5.74) is 2.18. The molecule has 7 nitrogen and oxygen atoms in total. The van der Waals surface area contributed by atoms with Crippen LogP contribution in [0.1, 0.15) is 31.7 Å². The number of anilines is 2. The van der Waals surface area contributed by atoms with Crippen LogP contribution in [-0.4, -0.2) is 69.5 Å². The summed E-state index contributed by atoms with van der Waals surface area (Å²) in [6.07, 6.45) is 5.02. The first-order chi connectivity index (χ1) is 20.1. The molecule has 2 bridgehead atoms. The van der Waals surface area contributed by atoms with E-state index < -0.39 is 27.4 Å². The van der Waals surface area contributed by atoms with Gasteiger partial charge in [-0.25, -0.2) is 0 Å². The topological polar surface area (TPSA) is 81.2 Å². The highest BCUT2D eigenvalue weighted by Gasteiger charge is 2.77. The summed E-state index contributed by atoms with van der Waals surface area (Å²) < 4.78 is -1.30. The second kappa shape index (κ2) is 11.9. The number of carbonyl (C=O) groups excluding carboxylic acids is 3. The molecule has 9 heteroatoms. The Morgan fingerprint density at radius 2 is 1.76 bits per heavy atom. The second-order valence-corrected chi connectivity index (χ2v) is 13.9. The summed E-state index contributed by atoms with van der Waals surface area (Å²) in [4.78, 5) is 48.7. The van der Waals surface area contributed by atoms with E-state index in [9.17, 15) is 19.5 Å². The number of benzene rings is 2. The van der Waals surface area contributed by atoms with Crippen molar-refractivity contribution in [3.8, 4) is 0 Å². The van der Waals surface area contributed by atoms with Crippen LogP contribution in [-0.2, 0) is 14.4 Å². The maximum absolute atomic E-state index is 14.8. The molecule has 42 heavy (non-hydrogen) atoms. The van der Waals surface area contributed by atoms with Crippen molar-refractivity contribution in [2.24, 2.45) is 11.8 Å². The first kappa shape index (κ1) is 30.4. The summed E-state index contributed by atoms with van der Waals surface area (Å²) in [5, 5.41) is 10.2. The molecule has 3 amide bonds. The Kier molecular flexibility index (Phi) is 8.61. The highest BCUT2D eigenvalue weighted by atomic mass is 35.5. The number of likely N-dealkylation sites (tertiary alicyclic amines) is 1.